The van der Waals surface area contributed by atoms with Gasteiger partial charge >= 0.3 is 0 Å². The van der Waals surface area contributed by atoms with Gasteiger partial charge in [-0.1, -0.05) is 6.92 Å². The third-order valence-electron chi connectivity index (χ3n) is 3.44. The molecule has 1 heterocycles. The van der Waals surface area contributed by atoms with Crippen molar-refractivity contribution in [3.8, 4) is 0 Å². The molecule has 0 saturated carbocycles. The Kier molecular flexibility index (Phi) is 6.52. The van der Waals surface area contributed by atoms with E-state index in [0.29, 0.717) is 19.1 Å². The first-order valence-electron chi connectivity index (χ1n) is 6.66. The van der Waals surface area contributed by atoms with Gasteiger partial charge in [0.05, 0.1) is 6.04 Å². The molecule has 17 heavy (non-hydrogen) atoms. The molecule has 2 unspecified atom stereocenters. The number of nitrogens with one attached hydrogen (secondary N) is 1. The molecule has 1 saturated heterocycles. The molecule has 4 nitrogen and oxygen atoms in total. The Morgan fingerprint density at radius 3 is 3.00 bits per heavy atom. The summed E-state index contributed by atoms with van der Waals surface area (Å²) in [5.41, 5.74) is 0. The lowest BCUT2D eigenvalue weighted by Gasteiger charge is -2.34. The van der Waals surface area contributed by atoms with Crippen LogP contribution in [0.3, 0.4) is 0 Å². The molecule has 0 aromatic heterocycles. The highest BCUT2D eigenvalue weighted by Crippen LogP contribution is 2.17. The number of likely N-dealkylation sites (tertiary alicyclic amines) is 1. The first-order valence-corrected chi connectivity index (χ1v) is 6.66. The van der Waals surface area contributed by atoms with E-state index in [1.807, 2.05) is 6.92 Å². The molecule has 0 spiro atoms. The lowest BCUT2D eigenvalue weighted by atomic mass is 9.99. The predicted molar refractivity (Wildman–Crippen MR) is 68.9 cm³/mol. The lowest BCUT2D eigenvalue weighted by Crippen LogP contribution is -2.48. The van der Waals surface area contributed by atoms with Gasteiger partial charge in [-0.3, -0.25) is 9.69 Å². The molecular weight excluding hydrogens is 216 g/mol. The fourth-order valence-corrected chi connectivity index (χ4v) is 2.32. The molecule has 0 bridgehead atoms. The van der Waals surface area contributed by atoms with Gasteiger partial charge in [-0.15, -0.1) is 0 Å². The van der Waals surface area contributed by atoms with Crippen LogP contribution in [-0.4, -0.2) is 50.2 Å². The van der Waals surface area contributed by atoms with E-state index < -0.39 is 0 Å². The summed E-state index contributed by atoms with van der Waals surface area (Å²) in [6, 6.07) is 0.000273. The van der Waals surface area contributed by atoms with Gasteiger partial charge in [0.2, 0.25) is 5.91 Å². The predicted octanol–water partition coefficient (Wildman–Crippen LogP) is 1.26. The maximum atomic E-state index is 11.9. The van der Waals surface area contributed by atoms with Crippen molar-refractivity contribution >= 4 is 5.91 Å². The van der Waals surface area contributed by atoms with Gasteiger partial charge in [-0.05, 0) is 38.6 Å². The summed E-state index contributed by atoms with van der Waals surface area (Å²) in [4.78, 5) is 14.2. The van der Waals surface area contributed by atoms with Crippen LogP contribution in [0.4, 0.5) is 0 Å². The third-order valence-corrected chi connectivity index (χ3v) is 3.44. The standard InChI is InChI=1S/C13H26N2O2/c1-11-6-4-8-15(10-11)12(2)13(16)14-7-5-9-17-3/h11-12H,4-10H2,1-3H3,(H,14,16). The monoisotopic (exact) mass is 242 g/mol. The zero-order valence-electron chi connectivity index (χ0n) is 11.4. The number of methoxy groups -OCH3 is 1. The summed E-state index contributed by atoms with van der Waals surface area (Å²) >= 11 is 0. The van der Waals surface area contributed by atoms with E-state index in [9.17, 15) is 4.79 Å². The number of amides is 1. The quantitative estimate of drug-likeness (QED) is 0.713. The zero-order chi connectivity index (χ0) is 12.7. The molecular formula is C13H26N2O2. The van der Waals surface area contributed by atoms with E-state index >= 15 is 0 Å². The molecule has 0 aliphatic carbocycles. The van der Waals surface area contributed by atoms with Gasteiger partial charge in [0.1, 0.15) is 0 Å². The van der Waals surface area contributed by atoms with Gasteiger partial charge in [0.25, 0.3) is 0 Å². The molecule has 0 aromatic rings. The first kappa shape index (κ1) is 14.5. The minimum Gasteiger partial charge on any atom is -0.385 e. The number of carbonyl (C=O) groups excluding carboxylic acids is 1. The van der Waals surface area contributed by atoms with Gasteiger partial charge < -0.3 is 10.1 Å². The molecule has 1 aliphatic heterocycles. The van der Waals surface area contributed by atoms with Crippen LogP contribution in [-0.2, 0) is 9.53 Å². The molecule has 0 radical (unpaired) electrons. The van der Waals surface area contributed by atoms with Gasteiger partial charge in [-0.2, -0.15) is 0 Å². The van der Waals surface area contributed by atoms with Crippen LogP contribution in [0.15, 0.2) is 0 Å². The second-order valence-electron chi connectivity index (χ2n) is 5.06. The van der Waals surface area contributed by atoms with Crippen molar-refractivity contribution in [2.75, 3.05) is 33.4 Å². The summed E-state index contributed by atoms with van der Waals surface area (Å²) in [5.74, 6) is 0.864. The topological polar surface area (TPSA) is 41.6 Å². The molecule has 1 amide bonds. The highest BCUT2D eigenvalue weighted by molar-refractivity contribution is 5.81. The minimum atomic E-state index is 0.000273. The Morgan fingerprint density at radius 1 is 1.59 bits per heavy atom. The zero-order valence-corrected chi connectivity index (χ0v) is 11.4. The number of ether oxygens (including phenoxy) is 1. The molecule has 1 aliphatic rings. The van der Waals surface area contributed by atoms with Gasteiger partial charge in [0, 0.05) is 26.8 Å². The normalized spacial score (nSPS) is 23.4. The fraction of sp³-hybridized carbons (Fsp3) is 0.923. The van der Waals surface area contributed by atoms with E-state index in [1.54, 1.807) is 7.11 Å². The van der Waals surface area contributed by atoms with Crippen LogP contribution in [0.5, 0.6) is 0 Å². The molecule has 4 heteroatoms. The van der Waals surface area contributed by atoms with Crippen LogP contribution in [0.2, 0.25) is 0 Å². The van der Waals surface area contributed by atoms with Crippen LogP contribution in [0.1, 0.15) is 33.1 Å². The number of nitrogens with zero attached hydrogens (tertiary/aromatic N) is 1. The van der Waals surface area contributed by atoms with Gasteiger partial charge in [0.15, 0.2) is 0 Å². The highest BCUT2D eigenvalue weighted by Gasteiger charge is 2.25. The molecule has 2 atom stereocenters. The Labute approximate surface area is 105 Å². The minimum absolute atomic E-state index is 0.000273. The van der Waals surface area contributed by atoms with Crippen LogP contribution in [0.25, 0.3) is 0 Å². The smallest absolute Gasteiger partial charge is 0.237 e. The van der Waals surface area contributed by atoms with Crippen molar-refractivity contribution in [2.45, 2.75) is 39.2 Å². The molecule has 1 rings (SSSR count). The Morgan fingerprint density at radius 2 is 2.35 bits per heavy atom. The number of carbonyl (C=O) groups is 1. The summed E-state index contributed by atoms with van der Waals surface area (Å²) < 4.78 is 4.95. The SMILES string of the molecule is COCCCNC(=O)C(C)N1CCCC(C)C1. The van der Waals surface area contributed by atoms with Gasteiger partial charge in [-0.25, -0.2) is 0 Å². The third kappa shape index (κ3) is 5.04. The summed E-state index contributed by atoms with van der Waals surface area (Å²) in [6.07, 6.45) is 3.38. The van der Waals surface area contributed by atoms with E-state index in [-0.39, 0.29) is 11.9 Å². The number of rotatable bonds is 6. The van der Waals surface area contributed by atoms with E-state index in [1.165, 1.54) is 12.8 Å². The van der Waals surface area contributed by atoms with E-state index in [0.717, 1.165) is 19.5 Å². The first-order chi connectivity index (χ1) is 8.15. The van der Waals surface area contributed by atoms with Crippen LogP contribution >= 0.6 is 0 Å². The van der Waals surface area contributed by atoms with Crippen molar-refractivity contribution in [1.29, 1.82) is 0 Å². The molecule has 1 fully saturated rings. The van der Waals surface area contributed by atoms with E-state index in [2.05, 4.69) is 17.1 Å². The fourth-order valence-electron chi connectivity index (χ4n) is 2.32. The van der Waals surface area contributed by atoms with E-state index in [4.69, 9.17) is 4.74 Å². The average Bonchev–Trinajstić information content (AvgIpc) is 2.33. The van der Waals surface area contributed by atoms with Crippen molar-refractivity contribution in [3.63, 3.8) is 0 Å². The van der Waals surface area contributed by atoms with Crippen molar-refractivity contribution in [3.05, 3.63) is 0 Å². The maximum absolute atomic E-state index is 11.9. The Bertz CT molecular complexity index is 233. The van der Waals surface area contributed by atoms with Crippen molar-refractivity contribution in [2.24, 2.45) is 5.92 Å². The molecule has 0 aromatic carbocycles. The largest absolute Gasteiger partial charge is 0.385 e. The number of hydrogen-bond acceptors (Lipinski definition) is 3. The molecule has 1 N–H and O–H groups in total. The van der Waals surface area contributed by atoms with Crippen molar-refractivity contribution in [1.82, 2.24) is 10.2 Å². The average molecular weight is 242 g/mol. The summed E-state index contributed by atoms with van der Waals surface area (Å²) in [5, 5.41) is 2.97. The summed E-state index contributed by atoms with van der Waals surface area (Å²) in [6.45, 7) is 7.78. The number of hydrogen-bond donors (Lipinski definition) is 1. The second-order valence-corrected chi connectivity index (χ2v) is 5.06. The number of piperidine rings is 1. The molecule has 100 valence electrons. The second kappa shape index (κ2) is 7.67. The highest BCUT2D eigenvalue weighted by atomic mass is 16.5. The van der Waals surface area contributed by atoms with Crippen molar-refractivity contribution < 1.29 is 9.53 Å². The Balaban J connectivity index is 2.25. The maximum Gasteiger partial charge on any atom is 0.237 e. The van der Waals surface area contributed by atoms with Crippen LogP contribution < -0.4 is 5.32 Å². The lowest BCUT2D eigenvalue weighted by molar-refractivity contribution is -0.126. The van der Waals surface area contributed by atoms with Crippen LogP contribution in [0, 0.1) is 5.92 Å². The summed E-state index contributed by atoms with van der Waals surface area (Å²) in [7, 11) is 1.68. The Hall–Kier alpha value is -0.610.